The average Bonchev–Trinajstić information content (AvgIpc) is 3.27. The molecule has 0 aliphatic carbocycles. The van der Waals surface area contributed by atoms with E-state index in [4.69, 9.17) is 4.74 Å². The monoisotopic (exact) mass is 512 g/mol. The second kappa shape index (κ2) is 12.7. The minimum Gasteiger partial charge on any atom is -0.497 e. The quantitative estimate of drug-likeness (QED) is 0.220. The largest absolute Gasteiger partial charge is 0.497 e. The van der Waals surface area contributed by atoms with Crippen LogP contribution in [0.3, 0.4) is 0 Å². The van der Waals surface area contributed by atoms with Crippen molar-refractivity contribution in [3.63, 3.8) is 0 Å². The molecule has 1 saturated heterocycles. The van der Waals surface area contributed by atoms with Crippen LogP contribution < -0.4 is 4.74 Å². The van der Waals surface area contributed by atoms with E-state index in [-0.39, 0.29) is 12.3 Å². The Balaban J connectivity index is 1.28. The molecule has 2 atom stereocenters. The second-order valence-electron chi connectivity index (χ2n) is 9.55. The van der Waals surface area contributed by atoms with Gasteiger partial charge in [0.05, 0.1) is 16.8 Å². The van der Waals surface area contributed by atoms with Crippen LogP contribution in [0.4, 0.5) is 0 Å². The lowest BCUT2D eigenvalue weighted by Crippen LogP contribution is -2.41. The number of hydrogen-bond donors (Lipinski definition) is 1. The number of likely N-dealkylation sites (tertiary alicyclic amines) is 1. The van der Waals surface area contributed by atoms with Crippen molar-refractivity contribution in [3.05, 3.63) is 53.0 Å². The topological polar surface area (TPSA) is 62.7 Å². The molecule has 4 rings (SSSR count). The molecule has 1 aliphatic rings. The highest BCUT2D eigenvalue weighted by atomic mass is 32.2. The zero-order valence-corrected chi connectivity index (χ0v) is 22.4. The van der Waals surface area contributed by atoms with E-state index in [0.29, 0.717) is 5.92 Å². The summed E-state index contributed by atoms with van der Waals surface area (Å²) in [6.07, 6.45) is 7.52. The zero-order chi connectivity index (χ0) is 24.6. The van der Waals surface area contributed by atoms with E-state index in [1.54, 1.807) is 7.11 Å². The Hall–Kier alpha value is -2.09. The molecule has 0 amide bonds. The van der Waals surface area contributed by atoms with Crippen molar-refractivity contribution in [1.29, 1.82) is 0 Å². The van der Waals surface area contributed by atoms with Crippen molar-refractivity contribution in [3.8, 4) is 5.75 Å². The summed E-state index contributed by atoms with van der Waals surface area (Å²) >= 11 is 3.78. The molecular weight excluding hydrogens is 476 g/mol. The lowest BCUT2D eigenvalue weighted by atomic mass is 9.80. The van der Waals surface area contributed by atoms with Crippen molar-refractivity contribution in [1.82, 2.24) is 9.88 Å². The molecule has 3 aromatic rings. The van der Waals surface area contributed by atoms with Gasteiger partial charge in [-0.1, -0.05) is 0 Å². The Bertz CT molecular complexity index is 1120. The number of carbonyl (C=O) groups is 1. The molecule has 3 heterocycles. The Kier molecular flexibility index (Phi) is 9.46. The maximum absolute atomic E-state index is 11.6. The van der Waals surface area contributed by atoms with Crippen LogP contribution in [0.2, 0.25) is 0 Å². The summed E-state index contributed by atoms with van der Waals surface area (Å²) in [5.74, 6) is 2.02. The lowest BCUT2D eigenvalue weighted by molar-refractivity contribution is -0.139. The number of piperidine rings is 1. The number of ether oxygens (including phenoxy) is 1. The fourth-order valence-corrected chi connectivity index (χ4v) is 7.33. The molecule has 0 bridgehead atoms. The van der Waals surface area contributed by atoms with Crippen molar-refractivity contribution in [2.45, 2.75) is 49.7 Å². The predicted molar refractivity (Wildman–Crippen MR) is 146 cm³/mol. The van der Waals surface area contributed by atoms with Crippen molar-refractivity contribution in [2.75, 3.05) is 32.5 Å². The van der Waals surface area contributed by atoms with Gasteiger partial charge in [-0.15, -0.1) is 23.1 Å². The molecule has 0 spiro atoms. The molecule has 1 aromatic carbocycles. The first-order valence-corrected chi connectivity index (χ1v) is 14.4. The fourth-order valence-electron chi connectivity index (χ4n) is 5.24. The van der Waals surface area contributed by atoms with Crippen LogP contribution in [0.5, 0.6) is 5.75 Å². The number of aromatic nitrogens is 1. The van der Waals surface area contributed by atoms with Crippen LogP contribution in [-0.2, 0) is 11.2 Å². The van der Waals surface area contributed by atoms with Gasteiger partial charge in [-0.2, -0.15) is 0 Å². The van der Waals surface area contributed by atoms with E-state index < -0.39 is 5.97 Å². The van der Waals surface area contributed by atoms with Gasteiger partial charge in [-0.25, -0.2) is 0 Å². The number of carboxylic acid groups (broad SMARTS) is 1. The van der Waals surface area contributed by atoms with Crippen LogP contribution in [0, 0.1) is 18.8 Å². The average molecular weight is 513 g/mol. The van der Waals surface area contributed by atoms with Gasteiger partial charge in [0.15, 0.2) is 0 Å². The number of rotatable bonds is 12. The molecule has 0 radical (unpaired) electrons. The van der Waals surface area contributed by atoms with Crippen LogP contribution in [0.1, 0.15) is 43.2 Å². The van der Waals surface area contributed by atoms with Gasteiger partial charge < -0.3 is 14.7 Å². The summed E-state index contributed by atoms with van der Waals surface area (Å²) in [6, 6.07) is 10.3. The maximum atomic E-state index is 11.6. The number of fused-ring (bicyclic) bond motifs is 1. The summed E-state index contributed by atoms with van der Waals surface area (Å²) in [7, 11) is 1.69. The van der Waals surface area contributed by atoms with Crippen LogP contribution in [0.15, 0.2) is 46.1 Å². The second-order valence-corrected chi connectivity index (χ2v) is 11.8. The number of methoxy groups -OCH3 is 1. The highest BCUT2D eigenvalue weighted by Gasteiger charge is 2.30. The summed E-state index contributed by atoms with van der Waals surface area (Å²) < 4.78 is 6.83. The molecule has 1 fully saturated rings. The molecule has 1 aliphatic heterocycles. The van der Waals surface area contributed by atoms with Crippen LogP contribution in [0.25, 0.3) is 10.9 Å². The molecule has 1 N–H and O–H groups in total. The fraction of sp³-hybridized carbons (Fsp3) is 0.500. The molecule has 2 aromatic heterocycles. The van der Waals surface area contributed by atoms with E-state index in [2.05, 4.69) is 40.4 Å². The summed E-state index contributed by atoms with van der Waals surface area (Å²) in [5.41, 5.74) is 3.66. The minimum absolute atomic E-state index is 0.239. The molecule has 5 nitrogen and oxygen atoms in total. The van der Waals surface area contributed by atoms with Gasteiger partial charge in [-0.3, -0.25) is 9.78 Å². The molecule has 0 saturated carbocycles. The van der Waals surface area contributed by atoms with Gasteiger partial charge >= 0.3 is 5.97 Å². The third-order valence-corrected chi connectivity index (χ3v) is 9.67. The smallest absolute Gasteiger partial charge is 0.303 e. The first-order valence-electron chi connectivity index (χ1n) is 12.6. The Morgan fingerprint density at radius 1 is 1.26 bits per heavy atom. The lowest BCUT2D eigenvalue weighted by Gasteiger charge is -2.38. The van der Waals surface area contributed by atoms with Gasteiger partial charge in [0, 0.05) is 30.3 Å². The maximum Gasteiger partial charge on any atom is 0.303 e. The van der Waals surface area contributed by atoms with E-state index in [1.165, 1.54) is 15.3 Å². The number of pyridine rings is 1. The summed E-state index contributed by atoms with van der Waals surface area (Å²) in [4.78, 5) is 18.6. The third-order valence-electron chi connectivity index (χ3n) is 7.14. The molecule has 35 heavy (non-hydrogen) atoms. The number of hydrogen-bond acceptors (Lipinski definition) is 6. The highest BCUT2D eigenvalue weighted by Crippen LogP contribution is 2.32. The Morgan fingerprint density at radius 3 is 2.91 bits per heavy atom. The van der Waals surface area contributed by atoms with Gasteiger partial charge in [-0.05, 0) is 111 Å². The number of benzene rings is 1. The number of carboxylic acids is 1. The van der Waals surface area contributed by atoms with Gasteiger partial charge in [0.2, 0.25) is 0 Å². The highest BCUT2D eigenvalue weighted by molar-refractivity contribution is 8.01. The minimum atomic E-state index is -0.669. The number of aliphatic carboxylic acids is 1. The van der Waals surface area contributed by atoms with Gasteiger partial charge in [0.25, 0.3) is 0 Å². The SMILES string of the molecule is COc1ccc2nccc(CCC[C@@H]3CCN(CCCSc4sccc4C)C[C@@H]3CC(=O)O)c2c1. The standard InChI is InChI=1S/C28H36N2O3S2/c1-20-11-16-35-28(20)34-15-4-13-30-14-10-21(23(19-30)17-27(31)32)5-3-6-22-9-12-29-26-8-7-24(33-2)18-25(22)26/h7-9,11-12,16,18,21,23H,3-6,10,13-15,17,19H2,1-2H3,(H,31,32)/t21-,23+/m1/s1. The summed E-state index contributed by atoms with van der Waals surface area (Å²) in [6.45, 7) is 5.23. The number of nitrogens with zero attached hydrogens (tertiary/aromatic N) is 2. The van der Waals surface area contributed by atoms with Crippen molar-refractivity contribution in [2.24, 2.45) is 11.8 Å². The first-order chi connectivity index (χ1) is 17.0. The molecule has 188 valence electrons. The normalized spacial score (nSPS) is 18.7. The Labute approximate surface area is 216 Å². The Morgan fingerprint density at radius 2 is 2.14 bits per heavy atom. The van der Waals surface area contributed by atoms with E-state index in [0.717, 1.165) is 74.1 Å². The van der Waals surface area contributed by atoms with Crippen LogP contribution >= 0.6 is 23.1 Å². The van der Waals surface area contributed by atoms with Crippen molar-refractivity contribution < 1.29 is 14.6 Å². The van der Waals surface area contributed by atoms with Crippen molar-refractivity contribution >= 4 is 40.0 Å². The van der Waals surface area contributed by atoms with Crippen LogP contribution in [-0.4, -0.2) is 53.5 Å². The number of thiophene rings is 1. The van der Waals surface area contributed by atoms with E-state index >= 15 is 0 Å². The first kappa shape index (κ1) is 26.0. The molecule has 0 unspecified atom stereocenters. The van der Waals surface area contributed by atoms with Gasteiger partial charge in [0.1, 0.15) is 5.75 Å². The number of thioether (sulfide) groups is 1. The molecule has 7 heteroatoms. The zero-order valence-electron chi connectivity index (χ0n) is 20.7. The predicted octanol–water partition coefficient (Wildman–Crippen LogP) is 6.53. The third kappa shape index (κ3) is 7.21. The summed E-state index contributed by atoms with van der Waals surface area (Å²) in [5, 5.41) is 12.9. The molecular formula is C28H36N2O3S2. The number of aryl methyl sites for hydroxylation is 2. The van der Waals surface area contributed by atoms with E-state index in [1.807, 2.05) is 41.4 Å². The van der Waals surface area contributed by atoms with E-state index in [9.17, 15) is 9.90 Å².